The second-order valence-electron chi connectivity index (χ2n) is 1.87. The fourth-order valence-electron chi connectivity index (χ4n) is 0.590. The van der Waals surface area contributed by atoms with Crippen LogP contribution in [0.2, 0.25) is 0 Å². The molecule has 1 aromatic heterocycles. The number of carboxylic acids is 1. The van der Waals surface area contributed by atoms with Gasteiger partial charge in [0.15, 0.2) is 5.69 Å². The second-order valence-corrected chi connectivity index (χ2v) is 1.87. The van der Waals surface area contributed by atoms with E-state index < -0.39 is 5.97 Å². The van der Waals surface area contributed by atoms with Gasteiger partial charge in [-0.25, -0.2) is 4.79 Å². The number of hydrogen-bond donors (Lipinski definition) is 1. The SMILES string of the molecule is [N-]=[N+]=NCc1cc(C(=O)O)no1. The lowest BCUT2D eigenvalue weighted by atomic mass is 10.4. The molecule has 0 unspecified atom stereocenters. The highest BCUT2D eigenvalue weighted by molar-refractivity contribution is 5.85. The number of carbonyl (C=O) groups is 1. The van der Waals surface area contributed by atoms with Gasteiger partial charge in [-0.2, -0.15) is 0 Å². The number of rotatable bonds is 3. The molecule has 0 bridgehead atoms. The first-order valence-corrected chi connectivity index (χ1v) is 2.94. The van der Waals surface area contributed by atoms with Crippen molar-refractivity contribution in [3.63, 3.8) is 0 Å². The van der Waals surface area contributed by atoms with Crippen LogP contribution in [-0.4, -0.2) is 16.2 Å². The molecule has 1 rings (SSSR count). The zero-order valence-corrected chi connectivity index (χ0v) is 5.84. The van der Waals surface area contributed by atoms with Crippen LogP contribution in [0, 0.1) is 0 Å². The molecule has 0 aliphatic carbocycles. The van der Waals surface area contributed by atoms with E-state index in [1.165, 1.54) is 6.07 Å². The Morgan fingerprint density at radius 2 is 2.67 bits per heavy atom. The van der Waals surface area contributed by atoms with E-state index in [2.05, 4.69) is 19.7 Å². The summed E-state index contributed by atoms with van der Waals surface area (Å²) in [5.41, 5.74) is 7.73. The highest BCUT2D eigenvalue weighted by atomic mass is 16.5. The van der Waals surface area contributed by atoms with Crippen molar-refractivity contribution in [1.82, 2.24) is 5.16 Å². The molecule has 1 N–H and O–H groups in total. The Balaban J connectivity index is 2.77. The van der Waals surface area contributed by atoms with E-state index in [0.717, 1.165) is 0 Å². The van der Waals surface area contributed by atoms with E-state index in [4.69, 9.17) is 10.6 Å². The van der Waals surface area contributed by atoms with Gasteiger partial charge in [0, 0.05) is 11.0 Å². The zero-order valence-electron chi connectivity index (χ0n) is 5.84. The third kappa shape index (κ3) is 1.74. The molecule has 7 nitrogen and oxygen atoms in total. The first-order valence-electron chi connectivity index (χ1n) is 2.94. The number of nitrogens with zero attached hydrogens (tertiary/aromatic N) is 4. The van der Waals surface area contributed by atoms with Crippen molar-refractivity contribution < 1.29 is 14.4 Å². The predicted octanol–water partition coefficient (Wildman–Crippen LogP) is 1.18. The van der Waals surface area contributed by atoms with Gasteiger partial charge < -0.3 is 9.63 Å². The Hall–Kier alpha value is -2.01. The molecule has 0 radical (unpaired) electrons. The van der Waals surface area contributed by atoms with Gasteiger partial charge in [-0.3, -0.25) is 0 Å². The van der Waals surface area contributed by atoms with E-state index in [0.29, 0.717) is 0 Å². The van der Waals surface area contributed by atoms with E-state index in [1.807, 2.05) is 0 Å². The minimum Gasteiger partial charge on any atom is -0.476 e. The van der Waals surface area contributed by atoms with Crippen LogP contribution in [-0.2, 0) is 6.54 Å². The smallest absolute Gasteiger partial charge is 0.358 e. The molecule has 0 aliphatic heterocycles. The molecular formula is C5H4N4O3. The normalized spacial score (nSPS) is 9.00. The quantitative estimate of drug-likeness (QED) is 0.414. The summed E-state index contributed by atoms with van der Waals surface area (Å²) in [5.74, 6) is -0.948. The molecule has 0 spiro atoms. The van der Waals surface area contributed by atoms with Gasteiger partial charge in [0.05, 0.1) is 6.54 Å². The number of aromatic carboxylic acids is 1. The topological polar surface area (TPSA) is 112 Å². The Labute approximate surface area is 66.2 Å². The summed E-state index contributed by atoms with van der Waals surface area (Å²) >= 11 is 0. The Kier molecular flexibility index (Phi) is 2.29. The summed E-state index contributed by atoms with van der Waals surface area (Å²) in [6.45, 7) is -0.0310. The van der Waals surface area contributed by atoms with Gasteiger partial charge in [0.25, 0.3) is 0 Å². The summed E-state index contributed by atoms with van der Waals surface area (Å²) < 4.78 is 4.53. The Bertz CT molecular complexity index is 338. The molecule has 1 heterocycles. The third-order valence-electron chi connectivity index (χ3n) is 1.07. The van der Waals surface area contributed by atoms with Gasteiger partial charge in [0.1, 0.15) is 5.76 Å². The molecule has 0 aliphatic rings. The van der Waals surface area contributed by atoms with Crippen LogP contribution in [0.5, 0.6) is 0 Å². The summed E-state index contributed by atoms with van der Waals surface area (Å²) in [5, 5.41) is 14.8. The lowest BCUT2D eigenvalue weighted by Gasteiger charge is -1.78. The number of aromatic nitrogens is 1. The van der Waals surface area contributed by atoms with Crippen molar-refractivity contribution in [2.45, 2.75) is 6.54 Å². The van der Waals surface area contributed by atoms with Gasteiger partial charge in [-0.1, -0.05) is 10.3 Å². The monoisotopic (exact) mass is 168 g/mol. The van der Waals surface area contributed by atoms with Crippen LogP contribution in [0.4, 0.5) is 0 Å². The lowest BCUT2D eigenvalue weighted by molar-refractivity contribution is 0.0685. The average Bonchev–Trinajstić information content (AvgIpc) is 2.48. The molecule has 0 saturated carbocycles. The Morgan fingerprint density at radius 3 is 3.17 bits per heavy atom. The zero-order chi connectivity index (χ0) is 8.97. The van der Waals surface area contributed by atoms with Crippen molar-refractivity contribution in [2.24, 2.45) is 5.11 Å². The highest BCUT2D eigenvalue weighted by Crippen LogP contribution is 2.04. The summed E-state index contributed by atoms with van der Waals surface area (Å²) in [6, 6.07) is 1.21. The van der Waals surface area contributed by atoms with Crippen LogP contribution in [0.3, 0.4) is 0 Å². The third-order valence-corrected chi connectivity index (χ3v) is 1.07. The minimum absolute atomic E-state index is 0.0310. The van der Waals surface area contributed by atoms with E-state index in [1.54, 1.807) is 0 Å². The minimum atomic E-state index is -1.18. The van der Waals surface area contributed by atoms with E-state index in [9.17, 15) is 4.79 Å². The maximum absolute atomic E-state index is 10.3. The Morgan fingerprint density at radius 1 is 1.92 bits per heavy atom. The van der Waals surface area contributed by atoms with Crippen molar-refractivity contribution in [3.05, 3.63) is 28.0 Å². The van der Waals surface area contributed by atoms with Crippen LogP contribution >= 0.6 is 0 Å². The van der Waals surface area contributed by atoms with Gasteiger partial charge in [-0.05, 0) is 5.53 Å². The van der Waals surface area contributed by atoms with Crippen LogP contribution in [0.15, 0.2) is 15.7 Å². The summed E-state index contributed by atoms with van der Waals surface area (Å²) in [4.78, 5) is 12.7. The predicted molar refractivity (Wildman–Crippen MR) is 36.3 cm³/mol. The average molecular weight is 168 g/mol. The van der Waals surface area contributed by atoms with Gasteiger partial charge in [-0.15, -0.1) is 0 Å². The first kappa shape index (κ1) is 8.09. The summed E-state index contributed by atoms with van der Waals surface area (Å²) in [7, 11) is 0. The van der Waals surface area contributed by atoms with Crippen LogP contribution in [0.1, 0.15) is 16.2 Å². The van der Waals surface area contributed by atoms with Crippen LogP contribution < -0.4 is 0 Å². The van der Waals surface area contributed by atoms with Gasteiger partial charge in [0.2, 0.25) is 0 Å². The van der Waals surface area contributed by atoms with Crippen molar-refractivity contribution in [2.75, 3.05) is 0 Å². The van der Waals surface area contributed by atoms with Crippen LogP contribution in [0.25, 0.3) is 10.4 Å². The largest absolute Gasteiger partial charge is 0.476 e. The molecule has 7 heteroatoms. The lowest BCUT2D eigenvalue weighted by Crippen LogP contribution is -1.94. The number of hydrogen-bond acceptors (Lipinski definition) is 4. The molecular weight excluding hydrogens is 164 g/mol. The maximum Gasteiger partial charge on any atom is 0.358 e. The van der Waals surface area contributed by atoms with E-state index in [-0.39, 0.29) is 18.0 Å². The molecule has 0 amide bonds. The molecule has 62 valence electrons. The molecule has 0 fully saturated rings. The molecule has 0 saturated heterocycles. The molecule has 1 aromatic rings. The highest BCUT2D eigenvalue weighted by Gasteiger charge is 2.09. The maximum atomic E-state index is 10.3. The van der Waals surface area contributed by atoms with Crippen molar-refractivity contribution in [3.8, 4) is 0 Å². The number of carboxylic acid groups (broad SMARTS) is 1. The standard InChI is InChI=1S/C5H4N4O3/c6-9-7-2-3-1-4(5(10)11)8-12-3/h1H,2H2,(H,10,11). The number of azide groups is 1. The first-order chi connectivity index (χ1) is 5.74. The fourth-order valence-corrected chi connectivity index (χ4v) is 0.590. The fraction of sp³-hybridized carbons (Fsp3) is 0.200. The van der Waals surface area contributed by atoms with Crippen molar-refractivity contribution in [1.29, 1.82) is 0 Å². The summed E-state index contributed by atoms with van der Waals surface area (Å²) in [6.07, 6.45) is 0. The van der Waals surface area contributed by atoms with E-state index >= 15 is 0 Å². The molecule has 0 atom stereocenters. The van der Waals surface area contributed by atoms with Gasteiger partial charge >= 0.3 is 5.97 Å². The van der Waals surface area contributed by atoms with Crippen molar-refractivity contribution >= 4 is 5.97 Å². The molecule has 0 aromatic carbocycles. The second kappa shape index (κ2) is 3.40. The molecule has 12 heavy (non-hydrogen) atoms.